The SMILES string of the molecule is CN=C(NCCc1sc(C)nc1C)NCc1ccc(C)cc1OC1CCOC1. The summed E-state index contributed by atoms with van der Waals surface area (Å²) >= 11 is 1.76. The summed E-state index contributed by atoms with van der Waals surface area (Å²) in [5, 5.41) is 7.90. The second kappa shape index (κ2) is 9.89. The van der Waals surface area contributed by atoms with Crippen LogP contribution in [-0.4, -0.2) is 43.9 Å². The van der Waals surface area contributed by atoms with Crippen LogP contribution in [0.1, 0.15) is 33.1 Å². The van der Waals surface area contributed by atoms with Gasteiger partial charge in [0, 0.05) is 43.4 Å². The zero-order chi connectivity index (χ0) is 19.9. The van der Waals surface area contributed by atoms with E-state index in [2.05, 4.69) is 52.7 Å². The van der Waals surface area contributed by atoms with E-state index in [4.69, 9.17) is 9.47 Å². The van der Waals surface area contributed by atoms with Crippen molar-refractivity contribution in [3.63, 3.8) is 0 Å². The fourth-order valence-corrected chi connectivity index (χ4v) is 4.14. The summed E-state index contributed by atoms with van der Waals surface area (Å²) in [5.41, 5.74) is 3.44. The van der Waals surface area contributed by atoms with Gasteiger partial charge in [-0.25, -0.2) is 4.98 Å². The molecule has 2 N–H and O–H groups in total. The second-order valence-corrected chi connectivity index (χ2v) is 8.35. The summed E-state index contributed by atoms with van der Waals surface area (Å²) in [4.78, 5) is 10.1. The summed E-state index contributed by atoms with van der Waals surface area (Å²) < 4.78 is 11.6. The van der Waals surface area contributed by atoms with Crippen LogP contribution in [0.15, 0.2) is 23.2 Å². The maximum Gasteiger partial charge on any atom is 0.191 e. The van der Waals surface area contributed by atoms with Crippen LogP contribution in [0.3, 0.4) is 0 Å². The molecule has 0 bridgehead atoms. The molecule has 0 aliphatic carbocycles. The van der Waals surface area contributed by atoms with E-state index in [0.29, 0.717) is 13.2 Å². The van der Waals surface area contributed by atoms with Crippen molar-refractivity contribution in [2.45, 2.75) is 46.3 Å². The molecule has 1 aliphatic heterocycles. The molecule has 0 amide bonds. The Morgan fingerprint density at radius 3 is 2.86 bits per heavy atom. The van der Waals surface area contributed by atoms with Crippen LogP contribution in [0.4, 0.5) is 0 Å². The number of nitrogens with one attached hydrogen (secondary N) is 2. The molecule has 2 heterocycles. The smallest absolute Gasteiger partial charge is 0.191 e. The van der Waals surface area contributed by atoms with Gasteiger partial charge in [0.2, 0.25) is 0 Å². The van der Waals surface area contributed by atoms with Crippen molar-refractivity contribution in [3.8, 4) is 5.75 Å². The van der Waals surface area contributed by atoms with Gasteiger partial charge in [-0.3, -0.25) is 4.99 Å². The maximum atomic E-state index is 6.18. The number of hydrogen-bond acceptors (Lipinski definition) is 5. The van der Waals surface area contributed by atoms with Crippen molar-refractivity contribution in [1.29, 1.82) is 0 Å². The molecule has 1 aromatic carbocycles. The van der Waals surface area contributed by atoms with Crippen molar-refractivity contribution < 1.29 is 9.47 Å². The van der Waals surface area contributed by atoms with E-state index in [9.17, 15) is 0 Å². The Labute approximate surface area is 171 Å². The summed E-state index contributed by atoms with van der Waals surface area (Å²) in [7, 11) is 1.79. The van der Waals surface area contributed by atoms with E-state index in [1.807, 2.05) is 6.92 Å². The van der Waals surface area contributed by atoms with Crippen molar-refractivity contribution in [2.24, 2.45) is 4.99 Å². The number of guanidine groups is 1. The molecular weight excluding hydrogens is 372 g/mol. The number of nitrogens with zero attached hydrogens (tertiary/aromatic N) is 2. The molecular formula is C21H30N4O2S. The van der Waals surface area contributed by atoms with Crippen LogP contribution >= 0.6 is 11.3 Å². The minimum atomic E-state index is 0.143. The molecule has 3 rings (SSSR count). The molecule has 1 unspecified atom stereocenters. The molecule has 6 nitrogen and oxygen atoms in total. The van der Waals surface area contributed by atoms with E-state index in [-0.39, 0.29) is 6.10 Å². The third kappa shape index (κ3) is 5.69. The molecule has 152 valence electrons. The Hall–Kier alpha value is -2.12. The second-order valence-electron chi connectivity index (χ2n) is 7.06. The fraction of sp³-hybridized carbons (Fsp3) is 0.524. The lowest BCUT2D eigenvalue weighted by Gasteiger charge is -2.18. The molecule has 7 heteroatoms. The molecule has 1 atom stereocenters. The molecule has 2 aromatic rings. The quantitative estimate of drug-likeness (QED) is 0.550. The lowest BCUT2D eigenvalue weighted by molar-refractivity contribution is 0.140. The zero-order valence-corrected chi connectivity index (χ0v) is 18.0. The van der Waals surface area contributed by atoms with Crippen LogP contribution in [-0.2, 0) is 17.7 Å². The monoisotopic (exact) mass is 402 g/mol. The average Bonchev–Trinajstić information content (AvgIpc) is 3.28. The Balaban J connectivity index is 1.53. The summed E-state index contributed by atoms with van der Waals surface area (Å²) in [6, 6.07) is 6.32. The minimum absolute atomic E-state index is 0.143. The predicted molar refractivity (Wildman–Crippen MR) is 115 cm³/mol. The lowest BCUT2D eigenvalue weighted by Crippen LogP contribution is -2.38. The third-order valence-electron chi connectivity index (χ3n) is 4.72. The highest BCUT2D eigenvalue weighted by Gasteiger charge is 2.18. The third-order valence-corrected chi connectivity index (χ3v) is 5.85. The number of aryl methyl sites for hydroxylation is 3. The van der Waals surface area contributed by atoms with Gasteiger partial charge in [0.05, 0.1) is 23.9 Å². The number of thiazole rings is 1. The van der Waals surface area contributed by atoms with Gasteiger partial charge in [-0.15, -0.1) is 11.3 Å². The molecule has 1 fully saturated rings. The molecule has 1 aromatic heterocycles. The average molecular weight is 403 g/mol. The van der Waals surface area contributed by atoms with E-state index >= 15 is 0 Å². The molecule has 0 spiro atoms. The first-order valence-electron chi connectivity index (χ1n) is 9.76. The lowest BCUT2D eigenvalue weighted by atomic mass is 10.1. The van der Waals surface area contributed by atoms with E-state index < -0.39 is 0 Å². The number of rotatable bonds is 7. The molecule has 0 saturated carbocycles. The van der Waals surface area contributed by atoms with Gasteiger partial charge in [0.1, 0.15) is 11.9 Å². The Kier molecular flexibility index (Phi) is 7.28. The van der Waals surface area contributed by atoms with Gasteiger partial charge in [-0.1, -0.05) is 12.1 Å². The van der Waals surface area contributed by atoms with Crippen LogP contribution in [0.2, 0.25) is 0 Å². The van der Waals surface area contributed by atoms with Crippen molar-refractivity contribution in [1.82, 2.24) is 15.6 Å². The Morgan fingerprint density at radius 2 is 2.18 bits per heavy atom. The molecule has 28 heavy (non-hydrogen) atoms. The number of aliphatic imine (C=N–C) groups is 1. The van der Waals surface area contributed by atoms with Gasteiger partial charge in [0.25, 0.3) is 0 Å². The van der Waals surface area contributed by atoms with Crippen LogP contribution < -0.4 is 15.4 Å². The van der Waals surface area contributed by atoms with Crippen LogP contribution in [0.5, 0.6) is 5.75 Å². The Bertz CT molecular complexity index is 813. The number of aromatic nitrogens is 1. The minimum Gasteiger partial charge on any atom is -0.488 e. The molecule has 1 saturated heterocycles. The van der Waals surface area contributed by atoms with Gasteiger partial charge >= 0.3 is 0 Å². The van der Waals surface area contributed by atoms with Gasteiger partial charge in [-0.05, 0) is 32.4 Å². The summed E-state index contributed by atoms with van der Waals surface area (Å²) in [6.45, 7) is 9.12. The van der Waals surface area contributed by atoms with Crippen molar-refractivity contribution in [3.05, 3.63) is 44.9 Å². The van der Waals surface area contributed by atoms with E-state index in [0.717, 1.165) is 54.0 Å². The highest BCUT2D eigenvalue weighted by molar-refractivity contribution is 7.11. The largest absolute Gasteiger partial charge is 0.488 e. The molecule has 0 radical (unpaired) electrons. The van der Waals surface area contributed by atoms with Gasteiger partial charge in [-0.2, -0.15) is 0 Å². The van der Waals surface area contributed by atoms with Crippen molar-refractivity contribution in [2.75, 3.05) is 26.8 Å². The van der Waals surface area contributed by atoms with Crippen LogP contribution in [0.25, 0.3) is 0 Å². The number of ether oxygens (including phenoxy) is 2. The standard InChI is InChI=1S/C21H30N4O2S/c1-14-5-6-17(19(11-14)27-18-8-10-26-13-18)12-24-21(22-4)23-9-7-20-15(2)25-16(3)28-20/h5-6,11,18H,7-10,12-13H2,1-4H3,(H2,22,23,24). The maximum absolute atomic E-state index is 6.18. The van der Waals surface area contributed by atoms with Gasteiger partial charge in [0.15, 0.2) is 5.96 Å². The topological polar surface area (TPSA) is 67.8 Å². The van der Waals surface area contributed by atoms with Crippen LogP contribution in [0, 0.1) is 20.8 Å². The predicted octanol–water partition coefficient (Wildman–Crippen LogP) is 3.14. The highest BCUT2D eigenvalue weighted by atomic mass is 32.1. The Morgan fingerprint density at radius 1 is 1.32 bits per heavy atom. The summed E-state index contributed by atoms with van der Waals surface area (Å²) in [6.07, 6.45) is 2.03. The van der Waals surface area contributed by atoms with E-state index in [1.54, 1.807) is 18.4 Å². The number of hydrogen-bond donors (Lipinski definition) is 2. The zero-order valence-electron chi connectivity index (χ0n) is 17.2. The first kappa shape index (κ1) is 20.6. The van der Waals surface area contributed by atoms with Gasteiger partial charge < -0.3 is 20.1 Å². The summed E-state index contributed by atoms with van der Waals surface area (Å²) in [5.74, 6) is 1.71. The number of benzene rings is 1. The molecule has 1 aliphatic rings. The fourth-order valence-electron chi connectivity index (χ4n) is 3.20. The van der Waals surface area contributed by atoms with Crippen molar-refractivity contribution >= 4 is 17.3 Å². The normalized spacial score (nSPS) is 17.0. The van der Waals surface area contributed by atoms with E-state index in [1.165, 1.54) is 10.4 Å². The first-order chi connectivity index (χ1) is 13.5. The highest BCUT2D eigenvalue weighted by Crippen LogP contribution is 2.24. The first-order valence-corrected chi connectivity index (χ1v) is 10.6.